The van der Waals surface area contributed by atoms with Crippen molar-refractivity contribution in [2.45, 2.75) is 38.8 Å². The molecule has 1 aromatic heterocycles. The minimum Gasteiger partial charge on any atom is -0.307 e. The van der Waals surface area contributed by atoms with Crippen LogP contribution in [0.1, 0.15) is 31.0 Å². The van der Waals surface area contributed by atoms with E-state index < -0.39 is 0 Å². The second-order valence-electron chi connectivity index (χ2n) is 4.39. The van der Waals surface area contributed by atoms with Crippen molar-refractivity contribution in [2.75, 3.05) is 0 Å². The molecule has 3 nitrogen and oxygen atoms in total. The number of hydrogen-bond acceptors (Lipinski definition) is 2. The molecule has 0 atom stereocenters. The summed E-state index contributed by atoms with van der Waals surface area (Å²) in [5.74, 6) is 0. The fourth-order valence-electron chi connectivity index (χ4n) is 1.54. The molecule has 1 fully saturated rings. The van der Waals surface area contributed by atoms with Crippen molar-refractivity contribution in [3.63, 3.8) is 0 Å². The molecule has 14 heavy (non-hydrogen) atoms. The highest BCUT2D eigenvalue weighted by Crippen LogP contribution is 2.35. The van der Waals surface area contributed by atoms with E-state index in [1.165, 1.54) is 12.8 Å². The number of halogens is 1. The minimum atomic E-state index is 0.353. The molecule has 0 aromatic carbocycles. The first-order chi connectivity index (χ1) is 6.52. The Balaban J connectivity index is 2.08. The Labute approximate surface area is 89.4 Å². The average Bonchev–Trinajstić information content (AvgIpc) is 2.78. The highest BCUT2D eigenvalue weighted by molar-refractivity contribution is 6.30. The summed E-state index contributed by atoms with van der Waals surface area (Å²) < 4.78 is 1.73. The fourth-order valence-corrected chi connectivity index (χ4v) is 1.78. The standard InChI is InChI=1S/C10H16ClN3/c1-7-8(9(11)14(3)13-7)6-12-10(2)4-5-10/h12H,4-6H2,1-3H3. The molecule has 0 amide bonds. The quantitative estimate of drug-likeness (QED) is 0.833. The van der Waals surface area contributed by atoms with Gasteiger partial charge in [0.2, 0.25) is 0 Å². The second-order valence-corrected chi connectivity index (χ2v) is 4.75. The van der Waals surface area contributed by atoms with Gasteiger partial charge in [0.25, 0.3) is 0 Å². The van der Waals surface area contributed by atoms with Gasteiger partial charge in [0, 0.05) is 24.7 Å². The van der Waals surface area contributed by atoms with E-state index in [0.717, 1.165) is 23.0 Å². The highest BCUT2D eigenvalue weighted by Gasteiger charge is 2.36. The van der Waals surface area contributed by atoms with Crippen LogP contribution >= 0.6 is 11.6 Å². The maximum absolute atomic E-state index is 6.12. The van der Waals surface area contributed by atoms with Crippen LogP contribution in [0.3, 0.4) is 0 Å². The molecule has 2 rings (SSSR count). The van der Waals surface area contributed by atoms with Crippen LogP contribution in [0.2, 0.25) is 5.15 Å². The Morgan fingerprint density at radius 1 is 1.57 bits per heavy atom. The van der Waals surface area contributed by atoms with E-state index in [-0.39, 0.29) is 0 Å². The van der Waals surface area contributed by atoms with Gasteiger partial charge in [-0.2, -0.15) is 5.10 Å². The lowest BCUT2D eigenvalue weighted by Crippen LogP contribution is -2.27. The van der Waals surface area contributed by atoms with Crippen molar-refractivity contribution < 1.29 is 0 Å². The average molecular weight is 214 g/mol. The van der Waals surface area contributed by atoms with Gasteiger partial charge in [0.05, 0.1) is 5.69 Å². The predicted octanol–water partition coefficient (Wildman–Crippen LogP) is 2.02. The Morgan fingerprint density at radius 2 is 2.21 bits per heavy atom. The maximum Gasteiger partial charge on any atom is 0.131 e. The fraction of sp³-hybridized carbons (Fsp3) is 0.700. The van der Waals surface area contributed by atoms with E-state index in [1.807, 2.05) is 14.0 Å². The molecule has 1 saturated carbocycles. The van der Waals surface area contributed by atoms with Gasteiger partial charge >= 0.3 is 0 Å². The van der Waals surface area contributed by atoms with Crippen molar-refractivity contribution >= 4 is 11.6 Å². The zero-order valence-corrected chi connectivity index (χ0v) is 9.65. The summed E-state index contributed by atoms with van der Waals surface area (Å²) in [4.78, 5) is 0. The summed E-state index contributed by atoms with van der Waals surface area (Å²) >= 11 is 6.12. The molecule has 0 spiro atoms. The monoisotopic (exact) mass is 213 g/mol. The zero-order valence-electron chi connectivity index (χ0n) is 8.89. The van der Waals surface area contributed by atoms with Crippen molar-refractivity contribution in [2.24, 2.45) is 7.05 Å². The molecule has 1 aliphatic rings. The molecular formula is C10H16ClN3. The highest BCUT2D eigenvalue weighted by atomic mass is 35.5. The molecular weight excluding hydrogens is 198 g/mol. The molecule has 1 aliphatic carbocycles. The van der Waals surface area contributed by atoms with Gasteiger partial charge in [-0.05, 0) is 26.7 Å². The first-order valence-corrected chi connectivity index (χ1v) is 5.33. The zero-order chi connectivity index (χ0) is 10.3. The first kappa shape index (κ1) is 9.99. The molecule has 0 radical (unpaired) electrons. The van der Waals surface area contributed by atoms with Gasteiger partial charge in [-0.3, -0.25) is 4.68 Å². The molecule has 1 aromatic rings. The van der Waals surface area contributed by atoms with Crippen molar-refractivity contribution in [1.29, 1.82) is 0 Å². The lowest BCUT2D eigenvalue weighted by molar-refractivity contribution is 0.536. The summed E-state index contributed by atoms with van der Waals surface area (Å²) in [5, 5.41) is 8.53. The van der Waals surface area contributed by atoms with E-state index in [0.29, 0.717) is 5.54 Å². The van der Waals surface area contributed by atoms with Crippen LogP contribution < -0.4 is 5.32 Å². The number of nitrogens with zero attached hydrogens (tertiary/aromatic N) is 2. The van der Waals surface area contributed by atoms with Gasteiger partial charge in [-0.1, -0.05) is 11.6 Å². The Bertz CT molecular complexity index is 352. The lowest BCUT2D eigenvalue weighted by Gasteiger charge is -2.10. The van der Waals surface area contributed by atoms with Crippen LogP contribution in [0.4, 0.5) is 0 Å². The Hall–Kier alpha value is -0.540. The SMILES string of the molecule is Cc1nn(C)c(Cl)c1CNC1(C)CC1. The van der Waals surface area contributed by atoms with Crippen molar-refractivity contribution in [1.82, 2.24) is 15.1 Å². The van der Waals surface area contributed by atoms with Gasteiger partial charge in [-0.25, -0.2) is 0 Å². The summed E-state index contributed by atoms with van der Waals surface area (Å²) in [5.41, 5.74) is 2.50. The van der Waals surface area contributed by atoms with Gasteiger partial charge < -0.3 is 5.32 Å². The molecule has 0 saturated heterocycles. The molecule has 0 aliphatic heterocycles. The minimum absolute atomic E-state index is 0.353. The summed E-state index contributed by atoms with van der Waals surface area (Å²) in [6, 6.07) is 0. The predicted molar refractivity (Wildman–Crippen MR) is 57.4 cm³/mol. The lowest BCUT2D eigenvalue weighted by atomic mass is 10.2. The second kappa shape index (κ2) is 3.24. The van der Waals surface area contributed by atoms with Crippen LogP contribution in [0.25, 0.3) is 0 Å². The van der Waals surface area contributed by atoms with E-state index >= 15 is 0 Å². The summed E-state index contributed by atoms with van der Waals surface area (Å²) in [7, 11) is 1.87. The van der Waals surface area contributed by atoms with E-state index in [2.05, 4.69) is 17.3 Å². The van der Waals surface area contributed by atoms with E-state index in [1.54, 1.807) is 4.68 Å². The van der Waals surface area contributed by atoms with Crippen LogP contribution in [-0.2, 0) is 13.6 Å². The number of hydrogen-bond donors (Lipinski definition) is 1. The van der Waals surface area contributed by atoms with Crippen LogP contribution in [0.5, 0.6) is 0 Å². The third kappa shape index (κ3) is 1.79. The summed E-state index contributed by atoms with van der Waals surface area (Å²) in [6.07, 6.45) is 2.54. The normalized spacial score (nSPS) is 18.6. The molecule has 4 heteroatoms. The van der Waals surface area contributed by atoms with Gasteiger partial charge in [0.1, 0.15) is 5.15 Å². The number of aryl methyl sites for hydroxylation is 2. The maximum atomic E-state index is 6.12. The Morgan fingerprint density at radius 3 is 2.64 bits per heavy atom. The first-order valence-electron chi connectivity index (χ1n) is 4.95. The smallest absolute Gasteiger partial charge is 0.131 e. The summed E-state index contributed by atoms with van der Waals surface area (Å²) in [6.45, 7) is 5.07. The van der Waals surface area contributed by atoms with Crippen LogP contribution in [0.15, 0.2) is 0 Å². The number of aromatic nitrogens is 2. The third-order valence-corrected chi connectivity index (χ3v) is 3.43. The largest absolute Gasteiger partial charge is 0.307 e. The Kier molecular flexibility index (Phi) is 2.32. The molecule has 1 N–H and O–H groups in total. The number of nitrogens with one attached hydrogen (secondary N) is 1. The molecule has 0 unspecified atom stereocenters. The van der Waals surface area contributed by atoms with Gasteiger partial charge in [-0.15, -0.1) is 0 Å². The molecule has 78 valence electrons. The van der Waals surface area contributed by atoms with E-state index in [4.69, 9.17) is 11.6 Å². The third-order valence-electron chi connectivity index (χ3n) is 2.96. The van der Waals surface area contributed by atoms with Crippen molar-refractivity contribution in [3.05, 3.63) is 16.4 Å². The van der Waals surface area contributed by atoms with Crippen LogP contribution in [-0.4, -0.2) is 15.3 Å². The number of rotatable bonds is 3. The van der Waals surface area contributed by atoms with E-state index in [9.17, 15) is 0 Å². The van der Waals surface area contributed by atoms with Crippen molar-refractivity contribution in [3.8, 4) is 0 Å². The van der Waals surface area contributed by atoms with Gasteiger partial charge in [0.15, 0.2) is 0 Å². The van der Waals surface area contributed by atoms with Crippen LogP contribution in [0, 0.1) is 6.92 Å². The molecule has 1 heterocycles. The molecule has 0 bridgehead atoms. The topological polar surface area (TPSA) is 29.9 Å².